The van der Waals surface area contributed by atoms with Crippen LogP contribution in [-0.2, 0) is 4.79 Å². The molecular formula is C18H27ClFN3O2. The van der Waals surface area contributed by atoms with Gasteiger partial charge in [-0.05, 0) is 62.0 Å². The Morgan fingerprint density at radius 2 is 1.96 bits per heavy atom. The molecule has 1 aromatic rings. The zero-order valence-corrected chi connectivity index (χ0v) is 15.5. The number of hydrogen-bond donors (Lipinski definition) is 3. The first-order valence-corrected chi connectivity index (χ1v) is 8.52. The van der Waals surface area contributed by atoms with Crippen LogP contribution in [0.3, 0.4) is 0 Å². The van der Waals surface area contributed by atoms with Crippen molar-refractivity contribution >= 4 is 24.2 Å². The third-order valence-corrected chi connectivity index (χ3v) is 4.31. The lowest BCUT2D eigenvalue weighted by atomic mass is 9.98. The number of rotatable bonds is 6. The van der Waals surface area contributed by atoms with E-state index in [2.05, 4.69) is 16.0 Å². The molecule has 0 spiro atoms. The number of carbonyl (C=O) groups is 2. The molecule has 1 aliphatic rings. The number of halogens is 2. The summed E-state index contributed by atoms with van der Waals surface area (Å²) >= 11 is 0. The van der Waals surface area contributed by atoms with Crippen LogP contribution in [0.4, 0.5) is 4.39 Å². The number of hydrogen-bond acceptors (Lipinski definition) is 3. The fraction of sp³-hybridized carbons (Fsp3) is 0.556. The molecule has 2 atom stereocenters. The lowest BCUT2D eigenvalue weighted by molar-refractivity contribution is -0.124. The molecule has 1 heterocycles. The standard InChI is InChI=1S/C18H26FN3O2.ClH/c1-12(2)16(18(24)21-11-13-4-3-9-20-10-13)22-17(23)14-5-7-15(19)8-6-14;/h5-8,12-13,16,20H,3-4,9-11H2,1-2H3,(H,21,24)(H,22,23);1H. The van der Waals surface area contributed by atoms with Crippen molar-refractivity contribution in [3.8, 4) is 0 Å². The van der Waals surface area contributed by atoms with E-state index in [1.165, 1.54) is 24.3 Å². The highest BCUT2D eigenvalue weighted by Gasteiger charge is 2.25. The number of amides is 2. The Hall–Kier alpha value is -1.66. The summed E-state index contributed by atoms with van der Waals surface area (Å²) in [4.78, 5) is 24.7. The molecule has 0 saturated carbocycles. The molecule has 1 saturated heterocycles. The molecule has 2 rings (SSSR count). The Bertz CT molecular complexity index is 560. The molecule has 3 N–H and O–H groups in total. The van der Waals surface area contributed by atoms with Gasteiger partial charge in [0, 0.05) is 12.1 Å². The van der Waals surface area contributed by atoms with E-state index in [-0.39, 0.29) is 30.1 Å². The van der Waals surface area contributed by atoms with E-state index in [1.54, 1.807) is 0 Å². The third-order valence-electron chi connectivity index (χ3n) is 4.31. The number of carbonyl (C=O) groups excluding carboxylic acids is 2. The SMILES string of the molecule is CC(C)C(NC(=O)c1ccc(F)cc1)C(=O)NCC1CCCNC1.Cl. The molecule has 25 heavy (non-hydrogen) atoms. The van der Waals surface area contributed by atoms with Gasteiger partial charge in [-0.25, -0.2) is 4.39 Å². The maximum atomic E-state index is 12.9. The molecule has 2 amide bonds. The fourth-order valence-electron chi connectivity index (χ4n) is 2.81. The lowest BCUT2D eigenvalue weighted by Gasteiger charge is -2.26. The molecule has 1 aromatic carbocycles. The molecule has 0 aliphatic carbocycles. The minimum Gasteiger partial charge on any atom is -0.354 e. The summed E-state index contributed by atoms with van der Waals surface area (Å²) in [6.45, 7) is 6.33. The van der Waals surface area contributed by atoms with Crippen LogP contribution in [0.25, 0.3) is 0 Å². The van der Waals surface area contributed by atoms with Crippen LogP contribution in [-0.4, -0.2) is 37.5 Å². The molecule has 140 valence electrons. The van der Waals surface area contributed by atoms with Crippen molar-refractivity contribution in [2.75, 3.05) is 19.6 Å². The summed E-state index contributed by atoms with van der Waals surface area (Å²) in [7, 11) is 0. The summed E-state index contributed by atoms with van der Waals surface area (Å²) in [5, 5.41) is 9.01. The zero-order valence-electron chi connectivity index (χ0n) is 14.7. The summed E-state index contributed by atoms with van der Waals surface area (Å²) in [5.41, 5.74) is 0.339. The second-order valence-corrected chi connectivity index (χ2v) is 6.66. The third kappa shape index (κ3) is 6.63. The van der Waals surface area contributed by atoms with Crippen LogP contribution >= 0.6 is 12.4 Å². The Labute approximate surface area is 154 Å². The van der Waals surface area contributed by atoms with Crippen molar-refractivity contribution in [2.45, 2.75) is 32.7 Å². The van der Waals surface area contributed by atoms with E-state index in [9.17, 15) is 14.0 Å². The van der Waals surface area contributed by atoms with Gasteiger partial charge in [0.25, 0.3) is 5.91 Å². The normalized spacial score (nSPS) is 18.2. The van der Waals surface area contributed by atoms with E-state index in [4.69, 9.17) is 0 Å². The van der Waals surface area contributed by atoms with Gasteiger partial charge in [0.15, 0.2) is 0 Å². The Morgan fingerprint density at radius 1 is 1.28 bits per heavy atom. The van der Waals surface area contributed by atoms with Gasteiger partial charge in [-0.2, -0.15) is 0 Å². The largest absolute Gasteiger partial charge is 0.354 e. The maximum Gasteiger partial charge on any atom is 0.251 e. The van der Waals surface area contributed by atoms with Crippen LogP contribution < -0.4 is 16.0 Å². The first-order chi connectivity index (χ1) is 11.5. The van der Waals surface area contributed by atoms with Gasteiger partial charge in [-0.15, -0.1) is 12.4 Å². The lowest BCUT2D eigenvalue weighted by Crippen LogP contribution is -2.51. The van der Waals surface area contributed by atoms with Gasteiger partial charge in [0.1, 0.15) is 11.9 Å². The van der Waals surface area contributed by atoms with E-state index in [0.29, 0.717) is 18.0 Å². The van der Waals surface area contributed by atoms with Crippen molar-refractivity contribution in [3.05, 3.63) is 35.6 Å². The van der Waals surface area contributed by atoms with E-state index in [1.807, 2.05) is 13.8 Å². The number of piperidine rings is 1. The smallest absolute Gasteiger partial charge is 0.251 e. The van der Waals surface area contributed by atoms with Crippen molar-refractivity contribution in [2.24, 2.45) is 11.8 Å². The first kappa shape index (κ1) is 21.4. The maximum absolute atomic E-state index is 12.9. The summed E-state index contributed by atoms with van der Waals surface area (Å²) in [6, 6.07) is 4.67. The molecule has 1 aliphatic heterocycles. The summed E-state index contributed by atoms with van der Waals surface area (Å²) in [6.07, 6.45) is 2.22. The van der Waals surface area contributed by atoms with E-state index in [0.717, 1.165) is 25.9 Å². The van der Waals surface area contributed by atoms with Gasteiger partial charge < -0.3 is 16.0 Å². The Balaban J connectivity index is 0.00000312. The van der Waals surface area contributed by atoms with Crippen LogP contribution in [0, 0.1) is 17.7 Å². The topological polar surface area (TPSA) is 70.2 Å². The molecule has 0 aromatic heterocycles. The van der Waals surface area contributed by atoms with Gasteiger partial charge in [-0.1, -0.05) is 13.8 Å². The Morgan fingerprint density at radius 3 is 2.52 bits per heavy atom. The molecule has 1 fully saturated rings. The fourth-order valence-corrected chi connectivity index (χ4v) is 2.81. The van der Waals surface area contributed by atoms with Gasteiger partial charge in [0.2, 0.25) is 5.91 Å². The van der Waals surface area contributed by atoms with Crippen molar-refractivity contribution in [1.29, 1.82) is 0 Å². The molecule has 7 heteroatoms. The van der Waals surface area contributed by atoms with Crippen LogP contribution in [0.5, 0.6) is 0 Å². The highest BCUT2D eigenvalue weighted by Crippen LogP contribution is 2.10. The first-order valence-electron chi connectivity index (χ1n) is 8.52. The van der Waals surface area contributed by atoms with Crippen LogP contribution in [0.1, 0.15) is 37.0 Å². The van der Waals surface area contributed by atoms with Crippen LogP contribution in [0.15, 0.2) is 24.3 Å². The Kier molecular flexibility index (Phi) is 8.86. The molecular weight excluding hydrogens is 345 g/mol. The van der Waals surface area contributed by atoms with E-state index >= 15 is 0 Å². The average molecular weight is 372 g/mol. The van der Waals surface area contributed by atoms with Crippen LogP contribution in [0.2, 0.25) is 0 Å². The van der Waals surface area contributed by atoms with Gasteiger partial charge in [-0.3, -0.25) is 9.59 Å². The van der Waals surface area contributed by atoms with E-state index < -0.39 is 11.9 Å². The van der Waals surface area contributed by atoms with Crippen molar-refractivity contribution in [3.63, 3.8) is 0 Å². The monoisotopic (exact) mass is 371 g/mol. The van der Waals surface area contributed by atoms with Gasteiger partial charge in [0.05, 0.1) is 0 Å². The zero-order chi connectivity index (χ0) is 17.5. The predicted molar refractivity (Wildman–Crippen MR) is 98.3 cm³/mol. The predicted octanol–water partition coefficient (Wildman–Crippen LogP) is 2.12. The number of nitrogens with one attached hydrogen (secondary N) is 3. The van der Waals surface area contributed by atoms with Crippen molar-refractivity contribution < 1.29 is 14.0 Å². The summed E-state index contributed by atoms with van der Waals surface area (Å²) in [5.74, 6) is -0.554. The van der Waals surface area contributed by atoms with Crippen molar-refractivity contribution in [1.82, 2.24) is 16.0 Å². The van der Waals surface area contributed by atoms with Gasteiger partial charge >= 0.3 is 0 Å². The quantitative estimate of drug-likeness (QED) is 0.717. The molecule has 0 radical (unpaired) electrons. The average Bonchev–Trinajstić information content (AvgIpc) is 2.58. The second kappa shape index (κ2) is 10.4. The highest BCUT2D eigenvalue weighted by molar-refractivity contribution is 5.97. The molecule has 5 nitrogen and oxygen atoms in total. The molecule has 0 bridgehead atoms. The minimum atomic E-state index is -0.612. The minimum absolute atomic E-state index is 0. The summed E-state index contributed by atoms with van der Waals surface area (Å²) < 4.78 is 12.9. The molecule has 2 unspecified atom stereocenters. The second-order valence-electron chi connectivity index (χ2n) is 6.66. The highest BCUT2D eigenvalue weighted by atomic mass is 35.5. The number of benzene rings is 1.